The molecule has 1 nitrogen and oxygen atoms in total. The summed E-state index contributed by atoms with van der Waals surface area (Å²) in [6, 6.07) is 6.18. The van der Waals surface area contributed by atoms with Crippen LogP contribution < -0.4 is 5.32 Å². The summed E-state index contributed by atoms with van der Waals surface area (Å²) in [7, 11) is 0. The van der Waals surface area contributed by atoms with Crippen molar-refractivity contribution in [3.8, 4) is 0 Å². The largest absolute Gasteiger partial charge is 0.316 e. The third kappa shape index (κ3) is 2.04. The Balaban J connectivity index is 2.10. The zero-order chi connectivity index (χ0) is 9.26. The lowest BCUT2D eigenvalue weighted by Crippen LogP contribution is -2.43. The van der Waals surface area contributed by atoms with Gasteiger partial charge in [0.15, 0.2) is 0 Å². The summed E-state index contributed by atoms with van der Waals surface area (Å²) in [4.78, 5) is 0. The molecule has 0 saturated carbocycles. The van der Waals surface area contributed by atoms with Crippen LogP contribution in [0.1, 0.15) is 11.1 Å². The first-order chi connectivity index (χ1) is 6.25. The number of nitrogens with one attached hydrogen (secondary N) is 1. The van der Waals surface area contributed by atoms with Crippen LogP contribution in [0.2, 0.25) is 5.02 Å². The average molecular weight is 196 g/mol. The molecule has 1 heterocycles. The Labute approximate surface area is 84.1 Å². The minimum Gasteiger partial charge on any atom is -0.316 e. The Morgan fingerprint density at radius 1 is 1.46 bits per heavy atom. The highest BCUT2D eigenvalue weighted by atomic mass is 35.5. The van der Waals surface area contributed by atoms with Gasteiger partial charge in [0, 0.05) is 5.02 Å². The Morgan fingerprint density at radius 2 is 2.23 bits per heavy atom. The molecule has 0 atom stereocenters. The van der Waals surface area contributed by atoms with E-state index < -0.39 is 0 Å². The SMILES string of the molecule is Cc1cc(Cl)ccc1CC1CNC1. The first kappa shape index (κ1) is 9.04. The molecule has 70 valence electrons. The molecule has 0 bridgehead atoms. The van der Waals surface area contributed by atoms with E-state index in [0.717, 1.165) is 10.9 Å². The fourth-order valence-electron chi connectivity index (χ4n) is 1.69. The summed E-state index contributed by atoms with van der Waals surface area (Å²) in [6.07, 6.45) is 1.19. The Kier molecular flexibility index (Phi) is 2.56. The molecule has 1 fully saturated rings. The molecule has 0 amide bonds. The number of aryl methyl sites for hydroxylation is 1. The van der Waals surface area contributed by atoms with Crippen molar-refractivity contribution < 1.29 is 0 Å². The monoisotopic (exact) mass is 195 g/mol. The van der Waals surface area contributed by atoms with E-state index in [1.54, 1.807) is 0 Å². The molecule has 13 heavy (non-hydrogen) atoms. The molecular formula is C11H14ClN. The summed E-state index contributed by atoms with van der Waals surface area (Å²) >= 11 is 5.89. The van der Waals surface area contributed by atoms with Gasteiger partial charge in [-0.05, 0) is 55.6 Å². The standard InChI is InChI=1S/C11H14ClN/c1-8-4-11(12)3-2-10(8)5-9-6-13-7-9/h2-4,9,13H,5-7H2,1H3. The maximum absolute atomic E-state index is 5.89. The minimum atomic E-state index is 0.833. The molecule has 0 aromatic heterocycles. The van der Waals surface area contributed by atoms with Gasteiger partial charge in [0.2, 0.25) is 0 Å². The Hall–Kier alpha value is -0.530. The fraction of sp³-hybridized carbons (Fsp3) is 0.455. The van der Waals surface area contributed by atoms with Gasteiger partial charge in [-0.15, -0.1) is 0 Å². The van der Waals surface area contributed by atoms with Crippen molar-refractivity contribution in [2.45, 2.75) is 13.3 Å². The highest BCUT2D eigenvalue weighted by Crippen LogP contribution is 2.19. The van der Waals surface area contributed by atoms with Crippen molar-refractivity contribution >= 4 is 11.6 Å². The van der Waals surface area contributed by atoms with Crippen molar-refractivity contribution in [1.29, 1.82) is 0 Å². The van der Waals surface area contributed by atoms with Gasteiger partial charge in [-0.2, -0.15) is 0 Å². The van der Waals surface area contributed by atoms with Gasteiger partial charge in [0.25, 0.3) is 0 Å². The zero-order valence-corrected chi connectivity index (χ0v) is 8.56. The maximum atomic E-state index is 5.89. The van der Waals surface area contributed by atoms with Gasteiger partial charge >= 0.3 is 0 Å². The zero-order valence-electron chi connectivity index (χ0n) is 7.81. The topological polar surface area (TPSA) is 12.0 Å². The summed E-state index contributed by atoms with van der Waals surface area (Å²) < 4.78 is 0. The van der Waals surface area contributed by atoms with Gasteiger partial charge in [0.05, 0.1) is 0 Å². The molecule has 1 aromatic carbocycles. The molecule has 2 rings (SSSR count). The predicted molar refractivity (Wildman–Crippen MR) is 56.3 cm³/mol. The molecule has 0 radical (unpaired) electrons. The van der Waals surface area contributed by atoms with Crippen LogP contribution in [0, 0.1) is 12.8 Å². The molecule has 0 aliphatic carbocycles. The second kappa shape index (κ2) is 3.69. The third-order valence-electron chi connectivity index (χ3n) is 2.68. The second-order valence-electron chi connectivity index (χ2n) is 3.80. The minimum absolute atomic E-state index is 0.833. The van der Waals surface area contributed by atoms with E-state index in [-0.39, 0.29) is 0 Å². The Bertz CT molecular complexity index is 305. The smallest absolute Gasteiger partial charge is 0.0408 e. The van der Waals surface area contributed by atoms with E-state index in [0.29, 0.717) is 0 Å². The quantitative estimate of drug-likeness (QED) is 0.765. The van der Waals surface area contributed by atoms with Crippen LogP contribution in [0.15, 0.2) is 18.2 Å². The van der Waals surface area contributed by atoms with Crippen LogP contribution in [0.3, 0.4) is 0 Å². The molecule has 1 aliphatic heterocycles. The molecule has 0 spiro atoms. The average Bonchev–Trinajstić information content (AvgIpc) is 1.99. The molecule has 0 unspecified atom stereocenters. The number of halogens is 1. The first-order valence-corrected chi connectivity index (χ1v) is 5.09. The first-order valence-electron chi connectivity index (χ1n) is 4.71. The van der Waals surface area contributed by atoms with E-state index in [1.807, 2.05) is 12.1 Å². The van der Waals surface area contributed by atoms with Crippen molar-refractivity contribution in [1.82, 2.24) is 5.32 Å². The fourth-order valence-corrected chi connectivity index (χ4v) is 1.92. The molecular weight excluding hydrogens is 182 g/mol. The summed E-state index contributed by atoms with van der Waals surface area (Å²) in [5.74, 6) is 0.833. The van der Waals surface area contributed by atoms with E-state index in [9.17, 15) is 0 Å². The molecule has 1 aromatic rings. The van der Waals surface area contributed by atoms with E-state index in [1.165, 1.54) is 30.6 Å². The highest BCUT2D eigenvalue weighted by molar-refractivity contribution is 6.30. The van der Waals surface area contributed by atoms with Crippen molar-refractivity contribution in [3.63, 3.8) is 0 Å². The van der Waals surface area contributed by atoms with E-state index >= 15 is 0 Å². The van der Waals surface area contributed by atoms with Gasteiger partial charge in [-0.1, -0.05) is 17.7 Å². The maximum Gasteiger partial charge on any atom is 0.0408 e. The third-order valence-corrected chi connectivity index (χ3v) is 2.91. The van der Waals surface area contributed by atoms with Crippen LogP contribution in [-0.4, -0.2) is 13.1 Å². The number of hydrogen-bond donors (Lipinski definition) is 1. The van der Waals surface area contributed by atoms with Crippen LogP contribution in [-0.2, 0) is 6.42 Å². The number of benzene rings is 1. The van der Waals surface area contributed by atoms with Crippen LogP contribution >= 0.6 is 11.6 Å². The van der Waals surface area contributed by atoms with Crippen molar-refractivity contribution in [2.24, 2.45) is 5.92 Å². The second-order valence-corrected chi connectivity index (χ2v) is 4.24. The molecule has 1 N–H and O–H groups in total. The van der Waals surface area contributed by atoms with Gasteiger partial charge in [-0.3, -0.25) is 0 Å². The lowest BCUT2D eigenvalue weighted by atomic mass is 9.92. The highest BCUT2D eigenvalue weighted by Gasteiger charge is 2.17. The van der Waals surface area contributed by atoms with Crippen LogP contribution in [0.25, 0.3) is 0 Å². The van der Waals surface area contributed by atoms with E-state index in [2.05, 4.69) is 18.3 Å². The number of rotatable bonds is 2. The molecule has 1 aliphatic rings. The van der Waals surface area contributed by atoms with Crippen molar-refractivity contribution in [2.75, 3.05) is 13.1 Å². The van der Waals surface area contributed by atoms with Crippen molar-refractivity contribution in [3.05, 3.63) is 34.3 Å². The molecule has 1 saturated heterocycles. The lowest BCUT2D eigenvalue weighted by molar-refractivity contribution is 0.346. The summed E-state index contributed by atoms with van der Waals surface area (Å²) in [6.45, 7) is 4.47. The van der Waals surface area contributed by atoms with E-state index in [4.69, 9.17) is 11.6 Å². The lowest BCUT2D eigenvalue weighted by Gasteiger charge is -2.27. The normalized spacial score (nSPS) is 17.1. The summed E-state index contributed by atoms with van der Waals surface area (Å²) in [5, 5.41) is 4.13. The summed E-state index contributed by atoms with van der Waals surface area (Å²) in [5.41, 5.74) is 2.76. The van der Waals surface area contributed by atoms with Crippen LogP contribution in [0.5, 0.6) is 0 Å². The number of hydrogen-bond acceptors (Lipinski definition) is 1. The Morgan fingerprint density at radius 3 is 2.77 bits per heavy atom. The van der Waals surface area contributed by atoms with Gasteiger partial charge in [-0.25, -0.2) is 0 Å². The predicted octanol–water partition coefficient (Wildman–Crippen LogP) is 2.41. The van der Waals surface area contributed by atoms with Crippen LogP contribution in [0.4, 0.5) is 0 Å². The van der Waals surface area contributed by atoms with Gasteiger partial charge < -0.3 is 5.32 Å². The molecule has 2 heteroatoms. The van der Waals surface area contributed by atoms with Gasteiger partial charge in [0.1, 0.15) is 0 Å².